The number of hydrogen-bond acceptors (Lipinski definition) is 3. The van der Waals surface area contributed by atoms with E-state index in [1.807, 2.05) is 6.92 Å². The first-order valence-electron chi connectivity index (χ1n) is 5.73. The van der Waals surface area contributed by atoms with E-state index < -0.39 is 4.92 Å². The van der Waals surface area contributed by atoms with Crippen LogP contribution in [-0.4, -0.2) is 28.8 Å². The highest BCUT2D eigenvalue weighted by Crippen LogP contribution is 2.12. The summed E-state index contributed by atoms with van der Waals surface area (Å²) in [4.78, 5) is 23.3. The van der Waals surface area contributed by atoms with E-state index in [1.165, 1.54) is 23.1 Å². The zero-order valence-corrected chi connectivity index (χ0v) is 10.6. The van der Waals surface area contributed by atoms with E-state index in [1.54, 1.807) is 18.2 Å². The Kier molecular flexibility index (Phi) is 5.30. The van der Waals surface area contributed by atoms with Gasteiger partial charge in [-0.05, 0) is 30.7 Å². The van der Waals surface area contributed by atoms with Crippen molar-refractivity contribution in [3.05, 3.63) is 46.0 Å². The highest BCUT2D eigenvalue weighted by atomic mass is 16.6. The summed E-state index contributed by atoms with van der Waals surface area (Å²) in [5.74, 6) is 2.23. The molecule has 19 heavy (non-hydrogen) atoms. The molecule has 5 heteroatoms. The lowest BCUT2D eigenvalue weighted by atomic mass is 10.2. The van der Waals surface area contributed by atoms with Crippen LogP contribution in [0.15, 0.2) is 30.3 Å². The number of nitro groups is 1. The van der Waals surface area contributed by atoms with Crippen LogP contribution in [0.4, 0.5) is 5.69 Å². The topological polar surface area (TPSA) is 63.5 Å². The summed E-state index contributed by atoms with van der Waals surface area (Å²) in [5.41, 5.74) is 0.738. The summed E-state index contributed by atoms with van der Waals surface area (Å²) in [5, 5.41) is 10.5. The standard InChI is InChI=1S/C14H14N2O3/c1-3-11-15(4-2)14(17)10-7-12-5-8-13(9-6-12)16(18)19/h1,5-10H,4,11H2,2H3/b10-7+. The number of hydrogen-bond donors (Lipinski definition) is 0. The summed E-state index contributed by atoms with van der Waals surface area (Å²) in [6, 6.07) is 5.95. The Bertz CT molecular complexity index is 527. The second-order valence-corrected chi connectivity index (χ2v) is 3.74. The van der Waals surface area contributed by atoms with Gasteiger partial charge in [-0.1, -0.05) is 5.92 Å². The molecule has 0 N–H and O–H groups in total. The minimum atomic E-state index is -0.468. The average Bonchev–Trinajstić information content (AvgIpc) is 2.42. The molecule has 1 amide bonds. The highest BCUT2D eigenvalue weighted by molar-refractivity contribution is 5.91. The van der Waals surface area contributed by atoms with E-state index >= 15 is 0 Å². The Morgan fingerprint density at radius 1 is 1.47 bits per heavy atom. The third kappa shape index (κ3) is 4.28. The predicted molar refractivity (Wildman–Crippen MR) is 73.2 cm³/mol. The molecule has 0 aromatic heterocycles. The molecule has 0 heterocycles. The van der Waals surface area contributed by atoms with Gasteiger partial charge in [0.2, 0.25) is 5.91 Å². The summed E-state index contributed by atoms with van der Waals surface area (Å²) in [7, 11) is 0. The Balaban J connectivity index is 2.73. The van der Waals surface area contributed by atoms with Gasteiger partial charge in [-0.15, -0.1) is 6.42 Å². The molecular formula is C14H14N2O3. The number of rotatable bonds is 5. The van der Waals surface area contributed by atoms with Crippen molar-refractivity contribution in [2.75, 3.05) is 13.1 Å². The lowest BCUT2D eigenvalue weighted by molar-refractivity contribution is -0.384. The van der Waals surface area contributed by atoms with Gasteiger partial charge in [-0.2, -0.15) is 0 Å². The third-order valence-electron chi connectivity index (χ3n) is 2.50. The molecule has 1 aromatic rings. The van der Waals surface area contributed by atoms with E-state index in [0.29, 0.717) is 6.54 Å². The number of nitrogens with zero attached hydrogens (tertiary/aromatic N) is 2. The van der Waals surface area contributed by atoms with Crippen molar-refractivity contribution < 1.29 is 9.72 Å². The number of amides is 1. The number of benzene rings is 1. The molecule has 0 saturated heterocycles. The van der Waals surface area contributed by atoms with Gasteiger partial charge in [-0.25, -0.2) is 0 Å². The zero-order chi connectivity index (χ0) is 14.3. The van der Waals surface area contributed by atoms with Crippen molar-refractivity contribution in [2.24, 2.45) is 0 Å². The predicted octanol–water partition coefficient (Wildman–Crippen LogP) is 2.09. The van der Waals surface area contributed by atoms with Gasteiger partial charge in [0.25, 0.3) is 5.69 Å². The van der Waals surface area contributed by atoms with Gasteiger partial charge in [0.1, 0.15) is 0 Å². The molecule has 0 aliphatic rings. The normalized spacial score (nSPS) is 10.1. The van der Waals surface area contributed by atoms with Gasteiger partial charge < -0.3 is 4.90 Å². The minimum Gasteiger partial charge on any atom is -0.328 e. The van der Waals surface area contributed by atoms with E-state index in [4.69, 9.17) is 6.42 Å². The maximum absolute atomic E-state index is 11.7. The lowest BCUT2D eigenvalue weighted by Gasteiger charge is -2.15. The molecule has 5 nitrogen and oxygen atoms in total. The monoisotopic (exact) mass is 258 g/mol. The molecule has 0 aliphatic carbocycles. The van der Waals surface area contributed by atoms with Crippen LogP contribution in [0.3, 0.4) is 0 Å². The summed E-state index contributed by atoms with van der Waals surface area (Å²) in [6.07, 6.45) is 8.17. The van der Waals surface area contributed by atoms with Crippen LogP contribution in [0.25, 0.3) is 6.08 Å². The Labute approximate surface area is 111 Å². The molecule has 0 spiro atoms. The Morgan fingerprint density at radius 3 is 2.58 bits per heavy atom. The maximum atomic E-state index is 11.7. The van der Waals surface area contributed by atoms with Crippen molar-refractivity contribution >= 4 is 17.7 Å². The van der Waals surface area contributed by atoms with Crippen LogP contribution in [-0.2, 0) is 4.79 Å². The first-order valence-corrected chi connectivity index (χ1v) is 5.73. The molecule has 1 rings (SSSR count). The van der Waals surface area contributed by atoms with Crippen molar-refractivity contribution in [3.8, 4) is 12.3 Å². The molecule has 0 bridgehead atoms. The number of non-ortho nitro benzene ring substituents is 1. The fraction of sp³-hybridized carbons (Fsp3) is 0.214. The number of likely N-dealkylation sites (N-methyl/N-ethyl adjacent to an activating group) is 1. The Hall–Kier alpha value is -2.61. The molecule has 0 aliphatic heterocycles. The molecule has 0 radical (unpaired) electrons. The lowest BCUT2D eigenvalue weighted by Crippen LogP contribution is -2.29. The van der Waals surface area contributed by atoms with Gasteiger partial charge in [0.15, 0.2) is 0 Å². The molecule has 0 saturated carbocycles. The van der Waals surface area contributed by atoms with Crippen molar-refractivity contribution in [1.29, 1.82) is 0 Å². The molecular weight excluding hydrogens is 244 g/mol. The van der Waals surface area contributed by atoms with Crippen LogP contribution in [0, 0.1) is 22.5 Å². The smallest absolute Gasteiger partial charge is 0.269 e. The van der Waals surface area contributed by atoms with Crippen LogP contribution in [0.5, 0.6) is 0 Å². The first kappa shape index (κ1) is 14.5. The van der Waals surface area contributed by atoms with Gasteiger partial charge in [0, 0.05) is 24.8 Å². The quantitative estimate of drug-likeness (QED) is 0.351. The largest absolute Gasteiger partial charge is 0.328 e. The fourth-order valence-electron chi connectivity index (χ4n) is 1.44. The van der Waals surface area contributed by atoms with E-state index in [9.17, 15) is 14.9 Å². The SMILES string of the molecule is C#CCN(CC)C(=O)/C=C/c1ccc([N+](=O)[O-])cc1. The van der Waals surface area contributed by atoms with Gasteiger partial charge >= 0.3 is 0 Å². The van der Waals surface area contributed by atoms with Crippen molar-refractivity contribution in [1.82, 2.24) is 4.90 Å². The summed E-state index contributed by atoms with van der Waals surface area (Å²) >= 11 is 0. The van der Waals surface area contributed by atoms with E-state index in [0.717, 1.165) is 5.56 Å². The molecule has 98 valence electrons. The van der Waals surface area contributed by atoms with Crippen LogP contribution in [0.1, 0.15) is 12.5 Å². The molecule has 0 atom stereocenters. The maximum Gasteiger partial charge on any atom is 0.269 e. The van der Waals surface area contributed by atoms with Crippen LogP contribution >= 0.6 is 0 Å². The van der Waals surface area contributed by atoms with E-state index in [2.05, 4.69) is 5.92 Å². The van der Waals surface area contributed by atoms with Gasteiger partial charge in [-0.3, -0.25) is 14.9 Å². The molecule has 1 aromatic carbocycles. The molecule has 0 fully saturated rings. The highest BCUT2D eigenvalue weighted by Gasteiger charge is 2.06. The number of nitro benzene ring substituents is 1. The zero-order valence-electron chi connectivity index (χ0n) is 10.6. The van der Waals surface area contributed by atoms with Crippen LogP contribution in [0.2, 0.25) is 0 Å². The first-order chi connectivity index (χ1) is 9.08. The number of terminal acetylenes is 1. The number of carbonyl (C=O) groups is 1. The third-order valence-corrected chi connectivity index (χ3v) is 2.50. The van der Waals surface area contributed by atoms with E-state index in [-0.39, 0.29) is 18.1 Å². The second kappa shape index (κ2) is 6.97. The fourth-order valence-corrected chi connectivity index (χ4v) is 1.44. The Morgan fingerprint density at radius 2 is 2.11 bits per heavy atom. The number of carbonyl (C=O) groups excluding carboxylic acids is 1. The van der Waals surface area contributed by atoms with Gasteiger partial charge in [0.05, 0.1) is 11.5 Å². The summed E-state index contributed by atoms with van der Waals surface area (Å²) in [6.45, 7) is 2.64. The minimum absolute atomic E-state index is 0.0194. The summed E-state index contributed by atoms with van der Waals surface area (Å²) < 4.78 is 0. The van der Waals surface area contributed by atoms with Crippen LogP contribution < -0.4 is 0 Å². The van der Waals surface area contributed by atoms with Crippen molar-refractivity contribution in [3.63, 3.8) is 0 Å². The average molecular weight is 258 g/mol. The van der Waals surface area contributed by atoms with Crippen molar-refractivity contribution in [2.45, 2.75) is 6.92 Å². The molecule has 0 unspecified atom stereocenters. The second-order valence-electron chi connectivity index (χ2n) is 3.74.